The standard InChI is InChI=1S/C21H27N3O2/c1-15(2)26-20-9-5-4-8-19(20)23-21(25)17-11-18(13-22-12-17)24-10-6-7-16(3)14-24/h4-5,8-9,11-13,15-16H,6-7,10,14H2,1-3H3,(H,23,25). The Bertz CT molecular complexity index is 760. The second-order valence-corrected chi connectivity index (χ2v) is 7.24. The van der Waals surface area contributed by atoms with Crippen LogP contribution >= 0.6 is 0 Å². The average Bonchev–Trinajstić information content (AvgIpc) is 2.63. The molecule has 2 heterocycles. The highest BCUT2D eigenvalue weighted by Gasteiger charge is 2.18. The van der Waals surface area contributed by atoms with Crippen molar-refractivity contribution in [2.75, 3.05) is 23.3 Å². The molecule has 0 saturated carbocycles. The predicted molar refractivity (Wildman–Crippen MR) is 105 cm³/mol. The molecule has 0 radical (unpaired) electrons. The van der Waals surface area contributed by atoms with Crippen molar-refractivity contribution >= 4 is 17.3 Å². The highest BCUT2D eigenvalue weighted by Crippen LogP contribution is 2.26. The van der Waals surface area contributed by atoms with Gasteiger partial charge in [0.25, 0.3) is 5.91 Å². The first-order valence-corrected chi connectivity index (χ1v) is 9.30. The summed E-state index contributed by atoms with van der Waals surface area (Å²) >= 11 is 0. The highest BCUT2D eigenvalue weighted by atomic mass is 16.5. The zero-order valence-corrected chi connectivity index (χ0v) is 15.7. The van der Waals surface area contributed by atoms with Gasteiger partial charge in [-0.25, -0.2) is 0 Å². The van der Waals surface area contributed by atoms with Crippen molar-refractivity contribution in [1.82, 2.24) is 4.98 Å². The third-order valence-corrected chi connectivity index (χ3v) is 4.51. The van der Waals surface area contributed by atoms with E-state index in [1.165, 1.54) is 12.8 Å². The van der Waals surface area contributed by atoms with Gasteiger partial charge < -0.3 is 15.0 Å². The number of aromatic nitrogens is 1. The number of hydrogen-bond acceptors (Lipinski definition) is 4. The molecule has 1 aromatic carbocycles. The maximum Gasteiger partial charge on any atom is 0.257 e. The van der Waals surface area contributed by atoms with Crippen molar-refractivity contribution in [3.05, 3.63) is 48.3 Å². The lowest BCUT2D eigenvalue weighted by Gasteiger charge is -2.32. The molecule has 0 aliphatic carbocycles. The van der Waals surface area contributed by atoms with E-state index in [2.05, 4.69) is 22.1 Å². The van der Waals surface area contributed by atoms with E-state index in [4.69, 9.17) is 4.74 Å². The van der Waals surface area contributed by atoms with Crippen molar-refractivity contribution in [3.8, 4) is 5.75 Å². The molecule has 5 heteroatoms. The zero-order valence-electron chi connectivity index (χ0n) is 15.7. The minimum absolute atomic E-state index is 0.0409. The van der Waals surface area contributed by atoms with Gasteiger partial charge in [-0.2, -0.15) is 0 Å². The maximum atomic E-state index is 12.7. The van der Waals surface area contributed by atoms with Crippen LogP contribution in [0.15, 0.2) is 42.7 Å². The van der Waals surface area contributed by atoms with Gasteiger partial charge in [0, 0.05) is 19.3 Å². The summed E-state index contributed by atoms with van der Waals surface area (Å²) in [6.45, 7) is 8.22. The van der Waals surface area contributed by atoms with Gasteiger partial charge in [0.1, 0.15) is 5.75 Å². The molecule has 138 valence electrons. The molecule has 1 atom stereocenters. The van der Waals surface area contributed by atoms with Crippen LogP contribution in [0.3, 0.4) is 0 Å². The third kappa shape index (κ3) is 4.54. The van der Waals surface area contributed by atoms with E-state index in [0.717, 1.165) is 18.8 Å². The SMILES string of the molecule is CC1CCCN(c2cncc(C(=O)Nc3ccccc3OC(C)C)c2)C1. The Hall–Kier alpha value is -2.56. The summed E-state index contributed by atoms with van der Waals surface area (Å²) in [6.07, 6.45) is 5.93. The van der Waals surface area contributed by atoms with E-state index in [-0.39, 0.29) is 12.0 Å². The fraction of sp³-hybridized carbons (Fsp3) is 0.429. The van der Waals surface area contributed by atoms with Crippen LogP contribution < -0.4 is 15.0 Å². The van der Waals surface area contributed by atoms with Crippen LogP contribution in [0.4, 0.5) is 11.4 Å². The van der Waals surface area contributed by atoms with E-state index in [9.17, 15) is 4.79 Å². The van der Waals surface area contributed by atoms with Gasteiger partial charge in [0.2, 0.25) is 0 Å². The first kappa shape index (κ1) is 18.2. The number of pyridine rings is 1. The Labute approximate surface area is 155 Å². The molecule has 1 amide bonds. The van der Waals surface area contributed by atoms with Crippen LogP contribution in [-0.4, -0.2) is 30.1 Å². The van der Waals surface area contributed by atoms with Gasteiger partial charge in [-0.15, -0.1) is 0 Å². The molecule has 1 aromatic heterocycles. The van der Waals surface area contributed by atoms with Crippen LogP contribution in [-0.2, 0) is 0 Å². The molecule has 0 bridgehead atoms. The fourth-order valence-corrected chi connectivity index (χ4v) is 3.27. The Morgan fingerprint density at radius 3 is 2.88 bits per heavy atom. The smallest absolute Gasteiger partial charge is 0.257 e. The number of anilines is 2. The van der Waals surface area contributed by atoms with Crippen molar-refractivity contribution in [3.63, 3.8) is 0 Å². The summed E-state index contributed by atoms with van der Waals surface area (Å²) in [5.41, 5.74) is 2.24. The first-order chi connectivity index (χ1) is 12.5. The van der Waals surface area contributed by atoms with Gasteiger partial charge in [0.05, 0.1) is 29.2 Å². The molecule has 1 saturated heterocycles. The maximum absolute atomic E-state index is 12.7. The number of rotatable bonds is 5. The summed E-state index contributed by atoms with van der Waals surface area (Å²) in [4.78, 5) is 19.3. The lowest BCUT2D eigenvalue weighted by molar-refractivity contribution is 0.102. The second-order valence-electron chi connectivity index (χ2n) is 7.24. The Kier molecular flexibility index (Phi) is 5.76. The molecule has 5 nitrogen and oxygen atoms in total. The van der Waals surface area contributed by atoms with E-state index in [1.54, 1.807) is 6.20 Å². The number of nitrogens with one attached hydrogen (secondary N) is 1. The molecule has 1 aliphatic rings. The highest BCUT2D eigenvalue weighted by molar-refractivity contribution is 6.05. The fourth-order valence-electron chi connectivity index (χ4n) is 3.27. The lowest BCUT2D eigenvalue weighted by atomic mass is 10.00. The summed E-state index contributed by atoms with van der Waals surface area (Å²) in [6, 6.07) is 9.41. The number of hydrogen-bond donors (Lipinski definition) is 1. The monoisotopic (exact) mass is 353 g/mol. The number of para-hydroxylation sites is 2. The van der Waals surface area contributed by atoms with Gasteiger partial charge >= 0.3 is 0 Å². The average molecular weight is 353 g/mol. The van der Waals surface area contributed by atoms with Crippen molar-refractivity contribution in [2.24, 2.45) is 5.92 Å². The molecule has 26 heavy (non-hydrogen) atoms. The van der Waals surface area contributed by atoms with E-state index in [1.807, 2.05) is 50.4 Å². The van der Waals surface area contributed by atoms with E-state index >= 15 is 0 Å². The molecule has 2 aromatic rings. The minimum Gasteiger partial charge on any atom is -0.489 e. The summed E-state index contributed by atoms with van der Waals surface area (Å²) in [5, 5.41) is 2.95. The van der Waals surface area contributed by atoms with Crippen LogP contribution in [0.1, 0.15) is 44.0 Å². The largest absolute Gasteiger partial charge is 0.489 e. The summed E-state index contributed by atoms with van der Waals surface area (Å²) in [5.74, 6) is 1.16. The van der Waals surface area contributed by atoms with Crippen LogP contribution in [0.2, 0.25) is 0 Å². The molecule has 1 N–H and O–H groups in total. The number of carbonyl (C=O) groups excluding carboxylic acids is 1. The number of amides is 1. The number of benzene rings is 1. The van der Waals surface area contributed by atoms with Gasteiger partial charge in [-0.05, 0) is 50.8 Å². The third-order valence-electron chi connectivity index (χ3n) is 4.51. The Morgan fingerprint density at radius 1 is 1.31 bits per heavy atom. The predicted octanol–water partition coefficient (Wildman–Crippen LogP) is 4.36. The second kappa shape index (κ2) is 8.21. The first-order valence-electron chi connectivity index (χ1n) is 9.30. The molecule has 3 rings (SSSR count). The molecule has 1 unspecified atom stereocenters. The number of piperidine rings is 1. The van der Waals surface area contributed by atoms with Gasteiger partial charge in [0.15, 0.2) is 0 Å². The van der Waals surface area contributed by atoms with Crippen molar-refractivity contribution < 1.29 is 9.53 Å². The minimum atomic E-state index is -0.177. The lowest BCUT2D eigenvalue weighted by Crippen LogP contribution is -2.34. The number of carbonyl (C=O) groups is 1. The Morgan fingerprint density at radius 2 is 2.12 bits per heavy atom. The van der Waals surface area contributed by atoms with Crippen molar-refractivity contribution in [1.29, 1.82) is 0 Å². The van der Waals surface area contributed by atoms with E-state index in [0.29, 0.717) is 22.9 Å². The number of nitrogens with zero attached hydrogens (tertiary/aromatic N) is 2. The topological polar surface area (TPSA) is 54.5 Å². The van der Waals surface area contributed by atoms with Crippen LogP contribution in [0.5, 0.6) is 5.75 Å². The molecular weight excluding hydrogens is 326 g/mol. The van der Waals surface area contributed by atoms with Gasteiger partial charge in [-0.1, -0.05) is 19.1 Å². The molecule has 0 spiro atoms. The van der Waals surface area contributed by atoms with Crippen LogP contribution in [0.25, 0.3) is 0 Å². The molecule has 1 aliphatic heterocycles. The van der Waals surface area contributed by atoms with Crippen molar-refractivity contribution in [2.45, 2.75) is 39.7 Å². The quantitative estimate of drug-likeness (QED) is 0.868. The number of ether oxygens (including phenoxy) is 1. The Balaban J connectivity index is 1.76. The molecule has 1 fully saturated rings. The summed E-state index contributed by atoms with van der Waals surface area (Å²) in [7, 11) is 0. The normalized spacial score (nSPS) is 17.2. The van der Waals surface area contributed by atoms with E-state index < -0.39 is 0 Å². The molecular formula is C21H27N3O2. The summed E-state index contributed by atoms with van der Waals surface area (Å²) < 4.78 is 5.77. The van der Waals surface area contributed by atoms with Crippen LogP contribution in [0, 0.1) is 5.92 Å². The van der Waals surface area contributed by atoms with Gasteiger partial charge in [-0.3, -0.25) is 9.78 Å². The zero-order chi connectivity index (χ0) is 18.5.